The molecule has 2 aliphatic rings. The first-order valence-electron chi connectivity index (χ1n) is 7.54. The highest BCUT2D eigenvalue weighted by Crippen LogP contribution is 2.43. The first kappa shape index (κ1) is 14.4. The van der Waals surface area contributed by atoms with Gasteiger partial charge in [-0.05, 0) is 78.3 Å². The minimum atomic E-state index is 0.475. The van der Waals surface area contributed by atoms with Crippen LogP contribution >= 0.6 is 15.9 Å². The van der Waals surface area contributed by atoms with Crippen LogP contribution in [0.1, 0.15) is 37.3 Å². The predicted molar refractivity (Wildman–Crippen MR) is 84.9 cm³/mol. The predicted octanol–water partition coefficient (Wildman–Crippen LogP) is 3.33. The molecule has 0 spiro atoms. The number of hydrogen-bond acceptors (Lipinski definition) is 3. The molecule has 0 bridgehead atoms. The van der Waals surface area contributed by atoms with Crippen molar-refractivity contribution in [2.24, 2.45) is 11.7 Å². The van der Waals surface area contributed by atoms with Gasteiger partial charge in [-0.1, -0.05) is 6.07 Å². The van der Waals surface area contributed by atoms with E-state index in [9.17, 15) is 0 Å². The van der Waals surface area contributed by atoms with Crippen LogP contribution in [0, 0.1) is 5.92 Å². The molecule has 20 heavy (non-hydrogen) atoms. The van der Waals surface area contributed by atoms with E-state index in [0.717, 1.165) is 22.8 Å². The number of methoxy groups -OCH3 is 1. The Morgan fingerprint density at radius 1 is 1.35 bits per heavy atom. The molecule has 0 amide bonds. The van der Waals surface area contributed by atoms with E-state index in [2.05, 4.69) is 39.0 Å². The van der Waals surface area contributed by atoms with Crippen LogP contribution in [0.15, 0.2) is 22.7 Å². The molecule has 0 radical (unpaired) electrons. The Morgan fingerprint density at radius 3 is 2.75 bits per heavy atom. The highest BCUT2D eigenvalue weighted by atomic mass is 79.9. The van der Waals surface area contributed by atoms with E-state index in [1.54, 1.807) is 7.11 Å². The lowest BCUT2D eigenvalue weighted by molar-refractivity contribution is 0.0879. The molecule has 2 fully saturated rings. The lowest BCUT2D eigenvalue weighted by Gasteiger charge is -2.41. The smallest absolute Gasteiger partial charge is 0.133 e. The quantitative estimate of drug-likeness (QED) is 0.914. The van der Waals surface area contributed by atoms with Crippen LogP contribution in [0.5, 0.6) is 5.75 Å². The van der Waals surface area contributed by atoms with Crippen molar-refractivity contribution in [3.05, 3.63) is 28.2 Å². The van der Waals surface area contributed by atoms with Crippen LogP contribution in [-0.4, -0.2) is 31.1 Å². The molecule has 1 heterocycles. The first-order valence-corrected chi connectivity index (χ1v) is 8.33. The summed E-state index contributed by atoms with van der Waals surface area (Å²) in [7, 11) is 1.71. The lowest BCUT2D eigenvalue weighted by Crippen LogP contribution is -2.42. The zero-order valence-corrected chi connectivity index (χ0v) is 13.6. The number of ether oxygens (including phenoxy) is 1. The number of benzene rings is 1. The number of piperidine rings is 1. The average molecular weight is 339 g/mol. The summed E-state index contributed by atoms with van der Waals surface area (Å²) in [6, 6.07) is 7.75. The third-order valence-electron chi connectivity index (χ3n) is 4.63. The molecular formula is C16H23BrN2O. The SMILES string of the molecule is COc1ccc(C2C(CN)CCCN2C2CC2)cc1Br. The monoisotopic (exact) mass is 338 g/mol. The summed E-state index contributed by atoms with van der Waals surface area (Å²) in [5, 5.41) is 0. The molecular weight excluding hydrogens is 316 g/mol. The Morgan fingerprint density at radius 2 is 2.15 bits per heavy atom. The van der Waals surface area contributed by atoms with Crippen LogP contribution in [0.25, 0.3) is 0 Å². The van der Waals surface area contributed by atoms with Gasteiger partial charge < -0.3 is 10.5 Å². The van der Waals surface area contributed by atoms with E-state index in [1.807, 2.05) is 0 Å². The molecule has 2 atom stereocenters. The largest absolute Gasteiger partial charge is 0.496 e. The van der Waals surface area contributed by atoms with Gasteiger partial charge in [-0.25, -0.2) is 0 Å². The van der Waals surface area contributed by atoms with Crippen molar-refractivity contribution in [3.8, 4) is 5.75 Å². The fourth-order valence-corrected chi connectivity index (χ4v) is 4.06. The third-order valence-corrected chi connectivity index (χ3v) is 5.25. The summed E-state index contributed by atoms with van der Waals surface area (Å²) in [6.45, 7) is 1.99. The fraction of sp³-hybridized carbons (Fsp3) is 0.625. The zero-order chi connectivity index (χ0) is 14.1. The van der Waals surface area contributed by atoms with Gasteiger partial charge in [0, 0.05) is 12.1 Å². The van der Waals surface area contributed by atoms with Gasteiger partial charge in [-0.2, -0.15) is 0 Å². The number of halogens is 1. The van der Waals surface area contributed by atoms with Gasteiger partial charge in [-0.15, -0.1) is 0 Å². The summed E-state index contributed by atoms with van der Waals surface area (Å²) < 4.78 is 6.38. The molecule has 3 rings (SSSR count). The normalized spacial score (nSPS) is 27.6. The maximum Gasteiger partial charge on any atom is 0.133 e. The van der Waals surface area contributed by atoms with Crippen LogP contribution in [-0.2, 0) is 0 Å². The van der Waals surface area contributed by atoms with Crippen molar-refractivity contribution in [2.45, 2.75) is 37.8 Å². The van der Waals surface area contributed by atoms with E-state index in [-0.39, 0.29) is 0 Å². The van der Waals surface area contributed by atoms with Gasteiger partial charge in [0.25, 0.3) is 0 Å². The molecule has 3 nitrogen and oxygen atoms in total. The Kier molecular flexibility index (Phi) is 4.34. The maximum atomic E-state index is 6.04. The fourth-order valence-electron chi connectivity index (χ4n) is 3.50. The minimum Gasteiger partial charge on any atom is -0.496 e. The van der Waals surface area contributed by atoms with Crippen molar-refractivity contribution < 1.29 is 4.74 Å². The first-order chi connectivity index (χ1) is 9.74. The standard InChI is InChI=1S/C16H23BrN2O/c1-20-15-7-4-11(9-14(15)17)16-12(10-18)3-2-8-19(16)13-5-6-13/h4,7,9,12-13,16H,2-3,5-6,8,10,18H2,1H3. The van der Waals surface area contributed by atoms with Gasteiger partial charge in [0.05, 0.1) is 11.6 Å². The second-order valence-corrected chi connectivity index (χ2v) is 6.80. The van der Waals surface area contributed by atoms with Crippen molar-refractivity contribution in [2.75, 3.05) is 20.2 Å². The van der Waals surface area contributed by atoms with Crippen molar-refractivity contribution in [1.82, 2.24) is 4.90 Å². The Bertz CT molecular complexity index is 476. The summed E-state index contributed by atoms with van der Waals surface area (Å²) in [5.74, 6) is 1.47. The Balaban J connectivity index is 1.91. The number of rotatable bonds is 4. The van der Waals surface area contributed by atoms with Crippen LogP contribution in [0.4, 0.5) is 0 Å². The highest BCUT2D eigenvalue weighted by molar-refractivity contribution is 9.10. The molecule has 1 saturated heterocycles. The lowest BCUT2D eigenvalue weighted by atomic mass is 9.84. The second kappa shape index (κ2) is 6.04. The maximum absolute atomic E-state index is 6.04. The van der Waals surface area contributed by atoms with Gasteiger partial charge in [0.1, 0.15) is 5.75 Å². The van der Waals surface area contributed by atoms with Crippen LogP contribution in [0.3, 0.4) is 0 Å². The van der Waals surface area contributed by atoms with Crippen molar-refractivity contribution in [1.29, 1.82) is 0 Å². The number of nitrogens with two attached hydrogens (primary N) is 1. The Hall–Kier alpha value is -0.580. The molecule has 4 heteroatoms. The summed E-state index contributed by atoms with van der Waals surface area (Å²) in [4.78, 5) is 2.69. The van der Waals surface area contributed by atoms with Gasteiger partial charge >= 0.3 is 0 Å². The molecule has 1 aliphatic heterocycles. The van der Waals surface area contributed by atoms with Crippen LogP contribution < -0.4 is 10.5 Å². The summed E-state index contributed by atoms with van der Waals surface area (Å²) >= 11 is 3.61. The van der Waals surface area contributed by atoms with Crippen molar-refractivity contribution in [3.63, 3.8) is 0 Å². The average Bonchev–Trinajstić information content (AvgIpc) is 3.31. The topological polar surface area (TPSA) is 38.5 Å². The number of nitrogens with zero attached hydrogens (tertiary/aromatic N) is 1. The molecule has 1 aromatic carbocycles. The minimum absolute atomic E-state index is 0.475. The van der Waals surface area contributed by atoms with Gasteiger partial charge in [0.2, 0.25) is 0 Å². The van der Waals surface area contributed by atoms with E-state index >= 15 is 0 Å². The van der Waals surface area contributed by atoms with Gasteiger partial charge in [-0.3, -0.25) is 4.90 Å². The summed E-state index contributed by atoms with van der Waals surface area (Å²) in [5.41, 5.74) is 7.42. The van der Waals surface area contributed by atoms with Crippen molar-refractivity contribution >= 4 is 15.9 Å². The van der Waals surface area contributed by atoms with E-state index < -0.39 is 0 Å². The molecule has 1 aromatic rings. The number of likely N-dealkylation sites (tertiary alicyclic amines) is 1. The number of hydrogen-bond donors (Lipinski definition) is 1. The highest BCUT2D eigenvalue weighted by Gasteiger charge is 2.40. The molecule has 0 aromatic heterocycles. The second-order valence-electron chi connectivity index (χ2n) is 5.95. The summed E-state index contributed by atoms with van der Waals surface area (Å²) in [6.07, 6.45) is 5.23. The van der Waals surface area contributed by atoms with Crippen LogP contribution in [0.2, 0.25) is 0 Å². The van der Waals surface area contributed by atoms with E-state index in [1.165, 1.54) is 37.8 Å². The van der Waals surface area contributed by atoms with E-state index in [0.29, 0.717) is 12.0 Å². The van der Waals surface area contributed by atoms with E-state index in [4.69, 9.17) is 10.5 Å². The molecule has 2 unspecified atom stereocenters. The zero-order valence-electron chi connectivity index (χ0n) is 12.0. The third kappa shape index (κ3) is 2.74. The Labute approximate surface area is 129 Å². The molecule has 2 N–H and O–H groups in total. The van der Waals surface area contributed by atoms with Gasteiger partial charge in [0.15, 0.2) is 0 Å². The molecule has 110 valence electrons. The molecule has 1 saturated carbocycles. The molecule has 1 aliphatic carbocycles.